The van der Waals surface area contributed by atoms with Gasteiger partial charge in [-0.3, -0.25) is 4.79 Å². The molecule has 2 N–H and O–H groups in total. The van der Waals surface area contributed by atoms with Gasteiger partial charge in [0.15, 0.2) is 0 Å². The van der Waals surface area contributed by atoms with Gasteiger partial charge in [-0.05, 0) is 65.0 Å². The Balaban J connectivity index is 2.10. The van der Waals surface area contributed by atoms with Crippen molar-refractivity contribution in [2.45, 2.75) is 52.0 Å². The van der Waals surface area contributed by atoms with Gasteiger partial charge in [0, 0.05) is 6.54 Å². The standard InChI is InChI=1S/C15H30N2O2/c1-5-19-14(18)15(3,16)8-6-7-9-17(4)11-13-10-12(13)2/h12-13H,5-11,16H2,1-4H3. The summed E-state index contributed by atoms with van der Waals surface area (Å²) in [4.78, 5) is 14.0. The summed E-state index contributed by atoms with van der Waals surface area (Å²) in [5.74, 6) is 1.54. The lowest BCUT2D eigenvalue weighted by Gasteiger charge is -2.23. The van der Waals surface area contributed by atoms with Crippen LogP contribution in [0.25, 0.3) is 0 Å². The average molecular weight is 270 g/mol. The molecule has 1 aliphatic carbocycles. The average Bonchev–Trinajstić information content (AvgIpc) is 3.00. The minimum absolute atomic E-state index is 0.282. The largest absolute Gasteiger partial charge is 0.465 e. The number of hydrogen-bond acceptors (Lipinski definition) is 4. The van der Waals surface area contributed by atoms with E-state index in [1.165, 1.54) is 13.0 Å². The van der Waals surface area contributed by atoms with Crippen LogP contribution >= 0.6 is 0 Å². The van der Waals surface area contributed by atoms with Crippen molar-refractivity contribution in [1.82, 2.24) is 4.90 Å². The highest BCUT2D eigenvalue weighted by Gasteiger charge is 2.33. The van der Waals surface area contributed by atoms with E-state index >= 15 is 0 Å². The van der Waals surface area contributed by atoms with Crippen molar-refractivity contribution >= 4 is 5.97 Å². The first kappa shape index (κ1) is 16.4. The zero-order chi connectivity index (χ0) is 14.5. The van der Waals surface area contributed by atoms with Gasteiger partial charge in [0.25, 0.3) is 0 Å². The van der Waals surface area contributed by atoms with Crippen LogP contribution in [0.15, 0.2) is 0 Å². The van der Waals surface area contributed by atoms with Crippen molar-refractivity contribution in [1.29, 1.82) is 0 Å². The van der Waals surface area contributed by atoms with Crippen LogP contribution in [0.2, 0.25) is 0 Å². The van der Waals surface area contributed by atoms with Gasteiger partial charge >= 0.3 is 5.97 Å². The minimum atomic E-state index is -0.834. The summed E-state index contributed by atoms with van der Waals surface area (Å²) < 4.78 is 4.98. The van der Waals surface area contributed by atoms with Crippen molar-refractivity contribution in [3.8, 4) is 0 Å². The van der Waals surface area contributed by atoms with E-state index in [9.17, 15) is 4.79 Å². The number of carbonyl (C=O) groups excluding carboxylic acids is 1. The fourth-order valence-corrected chi connectivity index (χ4v) is 2.42. The summed E-state index contributed by atoms with van der Waals surface area (Å²) in [6.45, 7) is 8.58. The second-order valence-electron chi connectivity index (χ2n) is 6.33. The summed E-state index contributed by atoms with van der Waals surface area (Å²) in [5, 5.41) is 0. The van der Waals surface area contributed by atoms with Crippen LogP contribution in [0.3, 0.4) is 0 Å². The molecule has 4 nitrogen and oxygen atoms in total. The van der Waals surface area contributed by atoms with E-state index in [-0.39, 0.29) is 5.97 Å². The van der Waals surface area contributed by atoms with E-state index in [1.807, 2.05) is 6.92 Å². The number of ether oxygens (including phenoxy) is 1. The Labute approximate surface area is 117 Å². The van der Waals surface area contributed by atoms with Crippen LogP contribution in [0.1, 0.15) is 46.5 Å². The monoisotopic (exact) mass is 270 g/mol. The molecule has 19 heavy (non-hydrogen) atoms. The Morgan fingerprint density at radius 1 is 1.47 bits per heavy atom. The van der Waals surface area contributed by atoms with Gasteiger partial charge in [-0.1, -0.05) is 6.92 Å². The molecule has 0 radical (unpaired) electrons. The third kappa shape index (κ3) is 5.91. The van der Waals surface area contributed by atoms with Gasteiger partial charge in [-0.2, -0.15) is 0 Å². The molecule has 0 amide bonds. The molecule has 0 heterocycles. The predicted octanol–water partition coefficient (Wildman–Crippen LogP) is 2.02. The lowest BCUT2D eigenvalue weighted by Crippen LogP contribution is -2.46. The van der Waals surface area contributed by atoms with E-state index in [1.54, 1.807) is 6.92 Å². The van der Waals surface area contributed by atoms with Crippen LogP contribution in [-0.2, 0) is 9.53 Å². The number of nitrogens with two attached hydrogens (primary N) is 1. The number of carbonyl (C=O) groups is 1. The molecule has 0 spiro atoms. The molecule has 0 bridgehead atoms. The number of esters is 1. The Hall–Kier alpha value is -0.610. The number of rotatable bonds is 9. The van der Waals surface area contributed by atoms with E-state index < -0.39 is 5.54 Å². The van der Waals surface area contributed by atoms with Crippen LogP contribution in [0, 0.1) is 11.8 Å². The van der Waals surface area contributed by atoms with Crippen LogP contribution in [-0.4, -0.2) is 43.2 Å². The molecule has 112 valence electrons. The summed E-state index contributed by atoms with van der Waals surface area (Å²) in [6, 6.07) is 0. The van der Waals surface area contributed by atoms with Crippen molar-refractivity contribution in [3.63, 3.8) is 0 Å². The van der Waals surface area contributed by atoms with Crippen molar-refractivity contribution in [2.24, 2.45) is 17.6 Å². The summed E-state index contributed by atoms with van der Waals surface area (Å²) in [6.07, 6.45) is 4.13. The maximum atomic E-state index is 11.6. The maximum Gasteiger partial charge on any atom is 0.325 e. The zero-order valence-electron chi connectivity index (χ0n) is 12.9. The second kappa shape index (κ2) is 7.25. The highest BCUT2D eigenvalue weighted by Crippen LogP contribution is 2.37. The Kier molecular flexibility index (Phi) is 6.27. The topological polar surface area (TPSA) is 55.6 Å². The van der Waals surface area contributed by atoms with Crippen LogP contribution < -0.4 is 5.73 Å². The lowest BCUT2D eigenvalue weighted by molar-refractivity contribution is -0.149. The molecule has 0 aromatic carbocycles. The molecular weight excluding hydrogens is 240 g/mol. The number of unbranched alkanes of at least 4 members (excludes halogenated alkanes) is 1. The molecule has 0 aromatic heterocycles. The molecule has 1 fully saturated rings. The van der Waals surface area contributed by atoms with Gasteiger partial charge < -0.3 is 15.4 Å². The maximum absolute atomic E-state index is 11.6. The van der Waals surface area contributed by atoms with Gasteiger partial charge in [-0.15, -0.1) is 0 Å². The molecular formula is C15H30N2O2. The fourth-order valence-electron chi connectivity index (χ4n) is 2.42. The molecule has 4 heteroatoms. The van der Waals surface area contributed by atoms with E-state index in [2.05, 4.69) is 18.9 Å². The molecule has 3 unspecified atom stereocenters. The number of nitrogens with zero attached hydrogens (tertiary/aromatic N) is 1. The summed E-state index contributed by atoms with van der Waals surface area (Å²) in [7, 11) is 2.18. The quantitative estimate of drug-likeness (QED) is 0.514. The number of hydrogen-bond donors (Lipinski definition) is 1. The van der Waals surface area contributed by atoms with E-state index in [0.717, 1.165) is 31.2 Å². The van der Waals surface area contributed by atoms with E-state index in [0.29, 0.717) is 13.0 Å². The Morgan fingerprint density at radius 2 is 2.11 bits per heavy atom. The first-order chi connectivity index (χ1) is 8.86. The summed E-state index contributed by atoms with van der Waals surface area (Å²) >= 11 is 0. The smallest absolute Gasteiger partial charge is 0.325 e. The Morgan fingerprint density at radius 3 is 2.63 bits per heavy atom. The fraction of sp³-hybridized carbons (Fsp3) is 0.933. The zero-order valence-corrected chi connectivity index (χ0v) is 12.9. The summed E-state index contributed by atoms with van der Waals surface area (Å²) in [5.41, 5.74) is 5.15. The lowest BCUT2D eigenvalue weighted by atomic mass is 9.96. The second-order valence-corrected chi connectivity index (χ2v) is 6.33. The SMILES string of the molecule is CCOC(=O)C(C)(N)CCCCN(C)CC1CC1C. The molecule has 3 atom stereocenters. The molecule has 1 rings (SSSR count). The van der Waals surface area contributed by atoms with E-state index in [4.69, 9.17) is 10.5 Å². The Bertz CT molecular complexity index is 292. The van der Waals surface area contributed by atoms with Gasteiger partial charge in [0.05, 0.1) is 6.61 Å². The van der Waals surface area contributed by atoms with Crippen molar-refractivity contribution in [3.05, 3.63) is 0 Å². The van der Waals surface area contributed by atoms with Gasteiger partial charge in [0.1, 0.15) is 5.54 Å². The van der Waals surface area contributed by atoms with Crippen LogP contribution in [0.5, 0.6) is 0 Å². The highest BCUT2D eigenvalue weighted by atomic mass is 16.5. The normalized spacial score (nSPS) is 25.2. The third-order valence-corrected chi connectivity index (χ3v) is 4.05. The molecule has 0 aliphatic heterocycles. The van der Waals surface area contributed by atoms with Crippen molar-refractivity contribution < 1.29 is 9.53 Å². The van der Waals surface area contributed by atoms with Gasteiger partial charge in [-0.25, -0.2) is 0 Å². The molecule has 1 aliphatic rings. The third-order valence-electron chi connectivity index (χ3n) is 4.05. The molecule has 1 saturated carbocycles. The minimum Gasteiger partial charge on any atom is -0.465 e. The van der Waals surface area contributed by atoms with Gasteiger partial charge in [0.2, 0.25) is 0 Å². The first-order valence-corrected chi connectivity index (χ1v) is 7.51. The molecule has 0 saturated heterocycles. The predicted molar refractivity (Wildman–Crippen MR) is 77.8 cm³/mol. The van der Waals surface area contributed by atoms with Crippen molar-refractivity contribution in [2.75, 3.05) is 26.7 Å². The molecule has 0 aromatic rings. The highest BCUT2D eigenvalue weighted by molar-refractivity contribution is 5.79. The van der Waals surface area contributed by atoms with Crippen LogP contribution in [0.4, 0.5) is 0 Å². The first-order valence-electron chi connectivity index (χ1n) is 7.51.